The van der Waals surface area contributed by atoms with E-state index in [1.54, 1.807) is 48.5 Å². The fraction of sp³-hybridized carbons (Fsp3) is 0.0500. The van der Waals surface area contributed by atoms with Crippen LogP contribution in [0.5, 0.6) is 0 Å². The lowest BCUT2D eigenvalue weighted by atomic mass is 10.2. The molecule has 0 unspecified atom stereocenters. The predicted molar refractivity (Wildman–Crippen MR) is 105 cm³/mol. The lowest BCUT2D eigenvalue weighted by molar-refractivity contribution is 0.536. The highest BCUT2D eigenvalue weighted by Crippen LogP contribution is 2.02. The highest BCUT2D eigenvalue weighted by Gasteiger charge is 2.11. The minimum atomic E-state index is -0.497. The molecule has 28 heavy (non-hydrogen) atoms. The third kappa shape index (κ3) is 2.67. The van der Waals surface area contributed by atoms with Crippen LogP contribution in [0.3, 0.4) is 0 Å². The van der Waals surface area contributed by atoms with E-state index in [1.807, 2.05) is 0 Å². The van der Waals surface area contributed by atoms with Gasteiger partial charge in [-0.2, -0.15) is 5.10 Å². The highest BCUT2D eigenvalue weighted by molar-refractivity contribution is 5.84. The summed E-state index contributed by atoms with van der Waals surface area (Å²) in [4.78, 5) is 49.0. The largest absolute Gasteiger partial charge is 0.287 e. The number of benzene rings is 2. The second-order valence-electron chi connectivity index (χ2n) is 6.11. The molecule has 0 heterocycles. The molecule has 0 saturated carbocycles. The zero-order valence-corrected chi connectivity index (χ0v) is 14.6. The van der Waals surface area contributed by atoms with Crippen LogP contribution in [-0.2, 0) is 0 Å². The molecule has 4 rings (SSSR count). The van der Waals surface area contributed by atoms with Crippen LogP contribution < -0.4 is 32.4 Å². The zero-order chi connectivity index (χ0) is 19.8. The van der Waals surface area contributed by atoms with Crippen molar-refractivity contribution in [1.82, 2.24) is 5.01 Å². The molecule has 4 aromatic carbocycles. The Morgan fingerprint density at radius 1 is 0.679 bits per heavy atom. The van der Waals surface area contributed by atoms with Crippen molar-refractivity contribution in [3.8, 4) is 0 Å². The van der Waals surface area contributed by atoms with Crippen LogP contribution in [-0.4, -0.2) is 18.4 Å². The molecular formula is C20H12N4O4. The summed E-state index contributed by atoms with van der Waals surface area (Å²) in [6.45, 7) is 0. The van der Waals surface area contributed by atoms with Crippen LogP contribution >= 0.6 is 0 Å². The standard InChI is InChI=1S/C20H12N4O4/c1-24(23-16-19(27)13-8-4-5-9-14(13)20(16)28)10-21-22-15-17(25)11-6-2-3-7-12(11)18(15)26/h2-10H,1H3/b21-10-. The van der Waals surface area contributed by atoms with Gasteiger partial charge in [-0.05, 0) is 0 Å². The van der Waals surface area contributed by atoms with Gasteiger partial charge < -0.3 is 0 Å². The maximum Gasteiger partial charge on any atom is 0.218 e. The fourth-order valence-corrected chi connectivity index (χ4v) is 3.00. The van der Waals surface area contributed by atoms with Gasteiger partial charge in [0.1, 0.15) is 6.34 Å². The Balaban J connectivity index is 1.75. The van der Waals surface area contributed by atoms with E-state index in [0.29, 0.717) is 10.8 Å². The van der Waals surface area contributed by atoms with Crippen molar-refractivity contribution in [2.45, 2.75) is 0 Å². The molecule has 4 aromatic rings. The van der Waals surface area contributed by atoms with E-state index in [0.717, 1.165) is 11.3 Å². The van der Waals surface area contributed by atoms with Crippen molar-refractivity contribution in [2.75, 3.05) is 7.05 Å². The van der Waals surface area contributed by atoms with E-state index in [1.165, 1.54) is 7.05 Å². The van der Waals surface area contributed by atoms with Crippen LogP contribution in [0.15, 0.2) is 83.0 Å². The maximum atomic E-state index is 12.3. The van der Waals surface area contributed by atoms with Gasteiger partial charge in [-0.15, -0.1) is 10.2 Å². The van der Waals surface area contributed by atoms with Crippen molar-refractivity contribution in [1.29, 1.82) is 0 Å². The lowest BCUT2D eigenvalue weighted by Crippen LogP contribution is -2.34. The first kappa shape index (κ1) is 17.3. The van der Waals surface area contributed by atoms with Crippen molar-refractivity contribution >= 4 is 27.9 Å². The van der Waals surface area contributed by atoms with Crippen molar-refractivity contribution in [2.24, 2.45) is 15.3 Å². The Kier molecular flexibility index (Phi) is 4.08. The molecule has 0 aliphatic rings. The summed E-state index contributed by atoms with van der Waals surface area (Å²) in [6, 6.07) is 12.9. The first-order chi connectivity index (χ1) is 13.5. The summed E-state index contributed by atoms with van der Waals surface area (Å²) in [5.41, 5.74) is -1.93. The number of fused-ring (bicyclic) bond motifs is 2. The monoisotopic (exact) mass is 372 g/mol. The molecule has 0 amide bonds. The molecule has 0 aliphatic carbocycles. The molecule has 0 bridgehead atoms. The molecule has 0 radical (unpaired) electrons. The number of rotatable bonds is 3. The Hall–Kier alpha value is -4.07. The summed E-state index contributed by atoms with van der Waals surface area (Å²) in [5, 5.41) is 13.1. The van der Waals surface area contributed by atoms with Gasteiger partial charge in [0.25, 0.3) is 0 Å². The average Bonchev–Trinajstić information content (AvgIpc) is 3.09. The van der Waals surface area contributed by atoms with E-state index in [4.69, 9.17) is 0 Å². The summed E-state index contributed by atoms with van der Waals surface area (Å²) >= 11 is 0. The van der Waals surface area contributed by atoms with Crippen molar-refractivity contribution in [3.05, 3.63) is 100 Å². The second kappa shape index (κ2) is 6.58. The van der Waals surface area contributed by atoms with Gasteiger partial charge >= 0.3 is 0 Å². The van der Waals surface area contributed by atoms with Crippen molar-refractivity contribution < 1.29 is 0 Å². The summed E-state index contributed by atoms with van der Waals surface area (Å²) in [6.07, 6.45) is 1.10. The summed E-state index contributed by atoms with van der Waals surface area (Å²) < 4.78 is 0. The van der Waals surface area contributed by atoms with Crippen LogP contribution in [0.4, 0.5) is 0 Å². The van der Waals surface area contributed by atoms with E-state index >= 15 is 0 Å². The van der Waals surface area contributed by atoms with Gasteiger partial charge in [0.15, 0.2) is 10.7 Å². The molecule has 0 aromatic heterocycles. The van der Waals surface area contributed by atoms with Gasteiger partial charge in [0.2, 0.25) is 21.7 Å². The fourth-order valence-electron chi connectivity index (χ4n) is 3.00. The van der Waals surface area contributed by atoms with Crippen LogP contribution in [0.25, 0.3) is 21.5 Å². The van der Waals surface area contributed by atoms with Gasteiger partial charge in [0.05, 0.1) is 0 Å². The summed E-state index contributed by atoms with van der Waals surface area (Å²) in [7, 11) is 1.45. The van der Waals surface area contributed by atoms with Gasteiger partial charge in [-0.25, -0.2) is 0 Å². The molecule has 0 saturated heterocycles. The topological polar surface area (TPSA) is 109 Å². The molecular weight excluding hydrogens is 360 g/mol. The molecule has 8 heteroatoms. The van der Waals surface area contributed by atoms with Gasteiger partial charge in [0, 0.05) is 28.6 Å². The minimum absolute atomic E-state index is 0.233. The smallest absolute Gasteiger partial charge is 0.218 e. The Morgan fingerprint density at radius 2 is 1.07 bits per heavy atom. The van der Waals surface area contributed by atoms with E-state index in [2.05, 4.69) is 15.3 Å². The van der Waals surface area contributed by atoms with Crippen molar-refractivity contribution in [3.63, 3.8) is 0 Å². The maximum absolute atomic E-state index is 12.3. The lowest BCUT2D eigenvalue weighted by Gasteiger charge is -2.00. The molecule has 136 valence electrons. The number of hydrogen-bond donors (Lipinski definition) is 0. The predicted octanol–water partition coefficient (Wildman–Crippen LogP) is -0.523. The third-order valence-electron chi connectivity index (χ3n) is 4.33. The third-order valence-corrected chi connectivity index (χ3v) is 4.33. The SMILES string of the molecule is CN(/C=N\N=c1c(=O)c2ccccc2c1=O)N=c1c(=O)c2ccccc2c1=O. The van der Waals surface area contributed by atoms with E-state index in [9.17, 15) is 19.2 Å². The average molecular weight is 372 g/mol. The van der Waals surface area contributed by atoms with Crippen LogP contribution in [0.2, 0.25) is 0 Å². The Labute approximate surface area is 156 Å². The quantitative estimate of drug-likeness (QED) is 0.273. The van der Waals surface area contributed by atoms with Crippen LogP contribution in [0.1, 0.15) is 0 Å². The van der Waals surface area contributed by atoms with Gasteiger partial charge in [-0.3, -0.25) is 24.2 Å². The van der Waals surface area contributed by atoms with E-state index < -0.39 is 21.7 Å². The first-order valence-corrected chi connectivity index (χ1v) is 8.28. The second-order valence-corrected chi connectivity index (χ2v) is 6.11. The Morgan fingerprint density at radius 3 is 1.50 bits per heavy atom. The molecule has 0 aliphatic heterocycles. The van der Waals surface area contributed by atoms with Gasteiger partial charge in [-0.1, -0.05) is 48.5 Å². The molecule has 0 N–H and O–H groups in total. The number of nitrogens with zero attached hydrogens (tertiary/aromatic N) is 4. The zero-order valence-electron chi connectivity index (χ0n) is 14.6. The molecule has 8 nitrogen and oxygen atoms in total. The van der Waals surface area contributed by atoms with E-state index in [-0.39, 0.29) is 21.5 Å². The molecule has 0 fully saturated rings. The normalized spacial score (nSPS) is 11.5. The number of hydrogen-bond acceptors (Lipinski definition) is 7. The molecule has 0 atom stereocenters. The Bertz CT molecular complexity index is 1470. The summed E-state index contributed by atoms with van der Waals surface area (Å²) in [5.74, 6) is 0. The molecule has 0 spiro atoms. The minimum Gasteiger partial charge on any atom is -0.287 e. The highest BCUT2D eigenvalue weighted by atomic mass is 16.1. The first-order valence-electron chi connectivity index (χ1n) is 8.28. The van der Waals surface area contributed by atoms with Crippen LogP contribution in [0, 0.1) is 0 Å².